The molecule has 1 aromatic heterocycles. The van der Waals surface area contributed by atoms with E-state index in [-0.39, 0.29) is 11.5 Å². The van der Waals surface area contributed by atoms with Crippen LogP contribution in [0.4, 0.5) is 17.3 Å². The summed E-state index contributed by atoms with van der Waals surface area (Å²) in [5.74, 6) is 6.35. The minimum atomic E-state index is -0.502. The van der Waals surface area contributed by atoms with Crippen LogP contribution in [0.5, 0.6) is 0 Å². The van der Waals surface area contributed by atoms with Gasteiger partial charge in [0.05, 0.1) is 4.92 Å². The van der Waals surface area contributed by atoms with E-state index < -0.39 is 4.92 Å². The van der Waals surface area contributed by atoms with Crippen molar-refractivity contribution in [1.29, 1.82) is 0 Å². The largest absolute Gasteiger partial charge is 0.354 e. The van der Waals surface area contributed by atoms with Gasteiger partial charge in [-0.1, -0.05) is 27.7 Å². The fourth-order valence-corrected chi connectivity index (χ4v) is 2.00. The molecule has 0 radical (unpaired) electrons. The number of nitro groups is 1. The molecule has 112 valence electrons. The Kier molecular flexibility index (Phi) is 5.63. The number of nitrogens with two attached hydrogens (primary N) is 1. The molecule has 0 bridgehead atoms. The van der Waals surface area contributed by atoms with Gasteiger partial charge in [0, 0.05) is 13.1 Å². The van der Waals surface area contributed by atoms with Crippen LogP contribution in [0.2, 0.25) is 0 Å². The summed E-state index contributed by atoms with van der Waals surface area (Å²) >= 11 is 0. The zero-order valence-electron chi connectivity index (χ0n) is 12.3. The fourth-order valence-electron chi connectivity index (χ4n) is 2.00. The summed E-state index contributed by atoms with van der Waals surface area (Å²) < 4.78 is 0. The highest BCUT2D eigenvalue weighted by atomic mass is 16.6. The molecule has 0 atom stereocenters. The van der Waals surface area contributed by atoms with Crippen LogP contribution in [-0.4, -0.2) is 28.0 Å². The van der Waals surface area contributed by atoms with Crippen molar-refractivity contribution in [3.05, 3.63) is 16.4 Å². The molecular weight excluding hydrogens is 260 g/mol. The lowest BCUT2D eigenvalue weighted by molar-refractivity contribution is -0.383. The molecule has 0 amide bonds. The Bertz CT molecular complexity index is 453. The van der Waals surface area contributed by atoms with Gasteiger partial charge in [0.1, 0.15) is 6.33 Å². The molecule has 0 spiro atoms. The van der Waals surface area contributed by atoms with Gasteiger partial charge in [-0.05, 0) is 11.8 Å². The molecule has 3 N–H and O–H groups in total. The molecule has 1 rings (SSSR count). The van der Waals surface area contributed by atoms with Gasteiger partial charge >= 0.3 is 5.69 Å². The molecule has 0 unspecified atom stereocenters. The maximum absolute atomic E-state index is 11.3. The second-order valence-corrected chi connectivity index (χ2v) is 5.49. The zero-order chi connectivity index (χ0) is 15.3. The lowest BCUT2D eigenvalue weighted by atomic mass is 10.1. The van der Waals surface area contributed by atoms with Gasteiger partial charge < -0.3 is 10.3 Å². The highest BCUT2D eigenvalue weighted by Crippen LogP contribution is 2.31. The third kappa shape index (κ3) is 4.02. The van der Waals surface area contributed by atoms with Crippen LogP contribution in [0, 0.1) is 22.0 Å². The van der Waals surface area contributed by atoms with Gasteiger partial charge in [0.15, 0.2) is 0 Å². The predicted molar refractivity (Wildman–Crippen MR) is 78.4 cm³/mol. The molecule has 1 heterocycles. The molecule has 0 aliphatic heterocycles. The minimum Gasteiger partial charge on any atom is -0.350 e. The van der Waals surface area contributed by atoms with Crippen molar-refractivity contribution >= 4 is 17.3 Å². The van der Waals surface area contributed by atoms with E-state index in [1.54, 1.807) is 0 Å². The van der Waals surface area contributed by atoms with Gasteiger partial charge in [-0.3, -0.25) is 10.1 Å². The van der Waals surface area contributed by atoms with Crippen LogP contribution in [-0.2, 0) is 0 Å². The van der Waals surface area contributed by atoms with Crippen molar-refractivity contribution in [1.82, 2.24) is 9.97 Å². The average molecular weight is 282 g/mol. The van der Waals surface area contributed by atoms with Gasteiger partial charge in [-0.15, -0.1) is 0 Å². The molecule has 0 aliphatic rings. The number of aromatic nitrogens is 2. The maximum Gasteiger partial charge on any atom is 0.354 e. The first-order valence-electron chi connectivity index (χ1n) is 6.57. The Morgan fingerprint density at radius 2 is 1.85 bits per heavy atom. The van der Waals surface area contributed by atoms with Crippen LogP contribution in [0.1, 0.15) is 27.7 Å². The highest BCUT2D eigenvalue weighted by Gasteiger charge is 2.27. The number of hydrazine groups is 1. The topological polar surface area (TPSA) is 110 Å². The van der Waals surface area contributed by atoms with E-state index in [2.05, 4.69) is 43.1 Å². The summed E-state index contributed by atoms with van der Waals surface area (Å²) in [5.41, 5.74) is 2.08. The number of hydrogen-bond acceptors (Lipinski definition) is 7. The summed E-state index contributed by atoms with van der Waals surface area (Å²) in [6.45, 7) is 9.59. The molecule has 0 saturated carbocycles. The molecule has 0 saturated heterocycles. The van der Waals surface area contributed by atoms with E-state index in [1.807, 2.05) is 4.90 Å². The van der Waals surface area contributed by atoms with E-state index in [1.165, 1.54) is 6.33 Å². The lowest BCUT2D eigenvalue weighted by Crippen LogP contribution is -2.33. The number of anilines is 2. The lowest BCUT2D eigenvalue weighted by Gasteiger charge is -2.27. The Hall–Kier alpha value is -1.96. The van der Waals surface area contributed by atoms with Gasteiger partial charge in [0.25, 0.3) is 0 Å². The van der Waals surface area contributed by atoms with Crippen molar-refractivity contribution in [2.75, 3.05) is 23.4 Å². The average Bonchev–Trinajstić information content (AvgIpc) is 2.35. The third-order valence-corrected chi connectivity index (χ3v) is 2.59. The van der Waals surface area contributed by atoms with Gasteiger partial charge in [-0.2, -0.15) is 0 Å². The molecule has 8 heteroatoms. The molecule has 0 aromatic carbocycles. The van der Waals surface area contributed by atoms with Gasteiger partial charge in [0.2, 0.25) is 11.6 Å². The summed E-state index contributed by atoms with van der Waals surface area (Å²) in [5, 5.41) is 11.3. The molecule has 8 nitrogen and oxygen atoms in total. The standard InChI is InChI=1S/C12H22N6O2/c1-8(2)5-17(6-9(3)4)12-10(18(19)20)11(16-13)14-7-15-12/h7-9H,5-6,13H2,1-4H3,(H,14,15,16). The second-order valence-electron chi connectivity index (χ2n) is 5.49. The molecule has 20 heavy (non-hydrogen) atoms. The quantitative estimate of drug-likeness (QED) is 0.445. The number of nitrogens with zero attached hydrogens (tertiary/aromatic N) is 4. The number of nitrogens with one attached hydrogen (secondary N) is 1. The first-order chi connectivity index (χ1) is 9.36. The predicted octanol–water partition coefficient (Wildman–Crippen LogP) is 1.79. The highest BCUT2D eigenvalue weighted by molar-refractivity contribution is 5.69. The van der Waals surface area contributed by atoms with Gasteiger partial charge in [-0.25, -0.2) is 15.8 Å². The van der Waals surface area contributed by atoms with Crippen molar-refractivity contribution in [3.8, 4) is 0 Å². The number of rotatable bonds is 7. The second kappa shape index (κ2) is 6.99. The smallest absolute Gasteiger partial charge is 0.350 e. The normalized spacial score (nSPS) is 10.9. The first-order valence-corrected chi connectivity index (χ1v) is 6.57. The Labute approximate surface area is 118 Å². The van der Waals surface area contributed by atoms with E-state index in [0.29, 0.717) is 30.7 Å². The van der Waals surface area contributed by atoms with Crippen LogP contribution >= 0.6 is 0 Å². The number of nitrogen functional groups attached to an aromatic ring is 1. The van der Waals surface area contributed by atoms with E-state index in [9.17, 15) is 10.1 Å². The molecule has 0 fully saturated rings. The molecule has 1 aromatic rings. The molecular formula is C12H22N6O2. The fraction of sp³-hybridized carbons (Fsp3) is 0.667. The Morgan fingerprint density at radius 3 is 2.25 bits per heavy atom. The van der Waals surface area contributed by atoms with E-state index in [0.717, 1.165) is 0 Å². The zero-order valence-corrected chi connectivity index (χ0v) is 12.3. The third-order valence-electron chi connectivity index (χ3n) is 2.59. The van der Waals surface area contributed by atoms with E-state index in [4.69, 9.17) is 5.84 Å². The molecule has 0 aliphatic carbocycles. The van der Waals surface area contributed by atoms with E-state index >= 15 is 0 Å². The SMILES string of the molecule is CC(C)CN(CC(C)C)c1ncnc(NN)c1[N+](=O)[O-]. The summed E-state index contributed by atoms with van der Waals surface area (Å²) in [6, 6.07) is 0. The van der Waals surface area contributed by atoms with Crippen LogP contribution in [0.25, 0.3) is 0 Å². The summed E-state index contributed by atoms with van der Waals surface area (Å²) in [6.07, 6.45) is 1.28. The van der Waals surface area contributed by atoms with Crippen molar-refractivity contribution in [2.24, 2.45) is 17.7 Å². The maximum atomic E-state index is 11.3. The Morgan fingerprint density at radius 1 is 1.30 bits per heavy atom. The summed E-state index contributed by atoms with van der Waals surface area (Å²) in [4.78, 5) is 20.6. The van der Waals surface area contributed by atoms with Crippen LogP contribution in [0.3, 0.4) is 0 Å². The first kappa shape index (κ1) is 16.1. The van der Waals surface area contributed by atoms with Crippen molar-refractivity contribution < 1.29 is 4.92 Å². The van der Waals surface area contributed by atoms with Crippen molar-refractivity contribution in [3.63, 3.8) is 0 Å². The Balaban J connectivity index is 3.27. The van der Waals surface area contributed by atoms with Crippen LogP contribution in [0.15, 0.2) is 6.33 Å². The summed E-state index contributed by atoms with van der Waals surface area (Å²) in [7, 11) is 0. The minimum absolute atomic E-state index is 0.0255. The monoisotopic (exact) mass is 282 g/mol. The van der Waals surface area contributed by atoms with Crippen LogP contribution < -0.4 is 16.2 Å². The van der Waals surface area contributed by atoms with Crippen molar-refractivity contribution in [2.45, 2.75) is 27.7 Å². The number of hydrogen-bond donors (Lipinski definition) is 2.